The highest BCUT2D eigenvalue weighted by Crippen LogP contribution is 2.30. The van der Waals surface area contributed by atoms with Gasteiger partial charge in [-0.2, -0.15) is 0 Å². The van der Waals surface area contributed by atoms with E-state index in [9.17, 15) is 4.79 Å². The van der Waals surface area contributed by atoms with Gasteiger partial charge in [0.2, 0.25) is 0 Å². The maximum absolute atomic E-state index is 12.2. The molecule has 0 unspecified atom stereocenters. The first kappa shape index (κ1) is 14.6. The summed E-state index contributed by atoms with van der Waals surface area (Å²) in [6.45, 7) is 2.09. The molecule has 0 atom stereocenters. The normalized spacial score (nSPS) is 10.6. The molecular formula is C14H15ClN2O3. The number of aryl methyl sites for hydroxylation is 1. The maximum Gasteiger partial charge on any atom is 0.257 e. The Balaban J connectivity index is 2.33. The first-order chi connectivity index (χ1) is 9.65. The average molecular weight is 295 g/mol. The number of hydrogen-bond acceptors (Lipinski definition) is 4. The van der Waals surface area contributed by atoms with Crippen molar-refractivity contribution in [1.29, 1.82) is 0 Å². The van der Waals surface area contributed by atoms with E-state index in [0.717, 1.165) is 0 Å². The molecular weight excluding hydrogens is 280 g/mol. The number of aliphatic hydroxyl groups is 1. The van der Waals surface area contributed by atoms with Crippen LogP contribution in [0.5, 0.6) is 0 Å². The minimum absolute atomic E-state index is 0.0280. The lowest BCUT2D eigenvalue weighted by Crippen LogP contribution is -2.25. The van der Waals surface area contributed by atoms with E-state index in [2.05, 4.69) is 10.5 Å². The number of hydrogen-bond donors (Lipinski definition) is 2. The Labute approximate surface area is 121 Å². The molecule has 2 aromatic rings. The third-order valence-electron chi connectivity index (χ3n) is 2.84. The van der Waals surface area contributed by atoms with Crippen LogP contribution in [-0.4, -0.2) is 29.3 Å². The van der Waals surface area contributed by atoms with Crippen molar-refractivity contribution >= 4 is 17.5 Å². The molecule has 20 heavy (non-hydrogen) atoms. The van der Waals surface area contributed by atoms with Crippen LogP contribution in [0.15, 0.2) is 28.8 Å². The van der Waals surface area contributed by atoms with Gasteiger partial charge in [-0.15, -0.1) is 0 Å². The molecule has 1 amide bonds. The summed E-state index contributed by atoms with van der Waals surface area (Å²) in [5, 5.41) is 15.9. The zero-order valence-corrected chi connectivity index (χ0v) is 11.8. The molecule has 1 heterocycles. The standard InChI is InChI=1S/C14H15ClN2O3/c1-9-12(14(19)16-7-4-8-18)13(17-20-9)10-5-2-3-6-11(10)15/h2-3,5-6,18H,4,7-8H2,1H3,(H,16,19). The number of amides is 1. The second-order valence-corrected chi connectivity index (χ2v) is 4.68. The van der Waals surface area contributed by atoms with E-state index in [4.69, 9.17) is 21.2 Å². The van der Waals surface area contributed by atoms with Gasteiger partial charge < -0.3 is 14.9 Å². The van der Waals surface area contributed by atoms with Gasteiger partial charge in [-0.25, -0.2) is 0 Å². The second kappa shape index (κ2) is 6.54. The summed E-state index contributed by atoms with van der Waals surface area (Å²) in [6.07, 6.45) is 0.498. The second-order valence-electron chi connectivity index (χ2n) is 4.28. The summed E-state index contributed by atoms with van der Waals surface area (Å²) in [4.78, 5) is 12.2. The highest BCUT2D eigenvalue weighted by Gasteiger charge is 2.22. The van der Waals surface area contributed by atoms with Crippen LogP contribution >= 0.6 is 11.6 Å². The predicted octanol–water partition coefficient (Wildman–Crippen LogP) is 2.42. The van der Waals surface area contributed by atoms with Crippen LogP contribution in [0.3, 0.4) is 0 Å². The zero-order valence-electron chi connectivity index (χ0n) is 11.0. The molecule has 2 N–H and O–H groups in total. The van der Waals surface area contributed by atoms with E-state index in [-0.39, 0.29) is 12.5 Å². The van der Waals surface area contributed by atoms with Gasteiger partial charge in [-0.05, 0) is 19.4 Å². The van der Waals surface area contributed by atoms with Crippen LogP contribution < -0.4 is 5.32 Å². The molecule has 0 bridgehead atoms. The molecule has 0 aliphatic carbocycles. The number of nitrogens with zero attached hydrogens (tertiary/aromatic N) is 1. The number of rotatable bonds is 5. The molecule has 0 fully saturated rings. The van der Waals surface area contributed by atoms with E-state index in [1.54, 1.807) is 25.1 Å². The fourth-order valence-corrected chi connectivity index (χ4v) is 2.07. The monoisotopic (exact) mass is 294 g/mol. The van der Waals surface area contributed by atoms with Crippen molar-refractivity contribution in [3.05, 3.63) is 40.6 Å². The van der Waals surface area contributed by atoms with Gasteiger partial charge in [-0.3, -0.25) is 4.79 Å². The highest BCUT2D eigenvalue weighted by molar-refractivity contribution is 6.33. The van der Waals surface area contributed by atoms with Gasteiger partial charge in [0, 0.05) is 18.7 Å². The number of aromatic nitrogens is 1. The molecule has 2 rings (SSSR count). The quantitative estimate of drug-likeness (QED) is 0.830. The Morgan fingerprint density at radius 1 is 1.45 bits per heavy atom. The van der Waals surface area contributed by atoms with E-state index >= 15 is 0 Å². The smallest absolute Gasteiger partial charge is 0.257 e. The minimum Gasteiger partial charge on any atom is -0.396 e. The molecule has 1 aromatic heterocycles. The molecule has 6 heteroatoms. The number of halogens is 1. The van der Waals surface area contributed by atoms with Crippen molar-refractivity contribution in [1.82, 2.24) is 10.5 Å². The Kier molecular flexibility index (Phi) is 4.76. The summed E-state index contributed by atoms with van der Waals surface area (Å²) in [5.41, 5.74) is 1.45. The lowest BCUT2D eigenvalue weighted by atomic mass is 10.1. The van der Waals surface area contributed by atoms with E-state index < -0.39 is 0 Å². The molecule has 106 valence electrons. The average Bonchev–Trinajstić information content (AvgIpc) is 2.81. The number of carbonyl (C=O) groups is 1. The number of benzene rings is 1. The number of carbonyl (C=O) groups excluding carboxylic acids is 1. The number of nitrogens with one attached hydrogen (secondary N) is 1. The molecule has 1 aromatic carbocycles. The van der Waals surface area contributed by atoms with Crippen molar-refractivity contribution < 1.29 is 14.4 Å². The fourth-order valence-electron chi connectivity index (χ4n) is 1.85. The van der Waals surface area contributed by atoms with Gasteiger partial charge in [0.05, 0.1) is 5.02 Å². The van der Waals surface area contributed by atoms with Gasteiger partial charge in [0.1, 0.15) is 17.0 Å². The Morgan fingerprint density at radius 3 is 2.90 bits per heavy atom. The van der Waals surface area contributed by atoms with Crippen LogP contribution in [0, 0.1) is 6.92 Å². The topological polar surface area (TPSA) is 75.4 Å². The maximum atomic E-state index is 12.2. The van der Waals surface area contributed by atoms with E-state index in [1.165, 1.54) is 0 Å². The lowest BCUT2D eigenvalue weighted by molar-refractivity contribution is 0.0950. The van der Waals surface area contributed by atoms with Crippen LogP contribution in [0.1, 0.15) is 22.5 Å². The van der Waals surface area contributed by atoms with Crippen LogP contribution in [-0.2, 0) is 0 Å². The fraction of sp³-hybridized carbons (Fsp3) is 0.286. The molecule has 0 saturated carbocycles. The van der Waals surface area contributed by atoms with E-state index in [1.807, 2.05) is 6.07 Å². The molecule has 5 nitrogen and oxygen atoms in total. The van der Waals surface area contributed by atoms with E-state index in [0.29, 0.717) is 40.6 Å². The zero-order chi connectivity index (χ0) is 14.5. The van der Waals surface area contributed by atoms with Crippen molar-refractivity contribution in [3.8, 4) is 11.3 Å². The first-order valence-corrected chi connectivity index (χ1v) is 6.63. The third-order valence-corrected chi connectivity index (χ3v) is 3.17. The Morgan fingerprint density at radius 2 is 2.20 bits per heavy atom. The summed E-state index contributed by atoms with van der Waals surface area (Å²) < 4.78 is 5.11. The van der Waals surface area contributed by atoms with Crippen molar-refractivity contribution in [2.24, 2.45) is 0 Å². The molecule has 0 spiro atoms. The first-order valence-electron chi connectivity index (χ1n) is 6.25. The van der Waals surface area contributed by atoms with Gasteiger partial charge in [0.25, 0.3) is 5.91 Å². The Bertz CT molecular complexity index is 610. The van der Waals surface area contributed by atoms with Gasteiger partial charge in [0.15, 0.2) is 0 Å². The molecule has 0 aliphatic rings. The molecule has 0 aliphatic heterocycles. The number of aliphatic hydroxyl groups excluding tert-OH is 1. The SMILES string of the molecule is Cc1onc(-c2ccccc2Cl)c1C(=O)NCCCO. The lowest BCUT2D eigenvalue weighted by Gasteiger charge is -2.05. The van der Waals surface area contributed by atoms with Crippen LogP contribution in [0.25, 0.3) is 11.3 Å². The molecule has 0 saturated heterocycles. The summed E-state index contributed by atoms with van der Waals surface area (Å²) in [6, 6.07) is 7.14. The predicted molar refractivity (Wildman–Crippen MR) is 75.7 cm³/mol. The molecule has 0 radical (unpaired) electrons. The Hall–Kier alpha value is -1.85. The summed E-state index contributed by atoms with van der Waals surface area (Å²) in [5.74, 6) is 0.147. The summed E-state index contributed by atoms with van der Waals surface area (Å²) in [7, 11) is 0. The largest absolute Gasteiger partial charge is 0.396 e. The van der Waals surface area contributed by atoms with Crippen molar-refractivity contribution in [2.45, 2.75) is 13.3 Å². The van der Waals surface area contributed by atoms with Crippen molar-refractivity contribution in [3.63, 3.8) is 0 Å². The third kappa shape index (κ3) is 3.00. The van der Waals surface area contributed by atoms with Crippen molar-refractivity contribution in [2.75, 3.05) is 13.2 Å². The van der Waals surface area contributed by atoms with Gasteiger partial charge in [-0.1, -0.05) is 35.0 Å². The summed E-state index contributed by atoms with van der Waals surface area (Å²) >= 11 is 6.13. The highest BCUT2D eigenvalue weighted by atomic mass is 35.5. The minimum atomic E-state index is -0.285. The van der Waals surface area contributed by atoms with Crippen LogP contribution in [0.4, 0.5) is 0 Å². The van der Waals surface area contributed by atoms with Crippen LogP contribution in [0.2, 0.25) is 5.02 Å². The van der Waals surface area contributed by atoms with Gasteiger partial charge >= 0.3 is 0 Å².